The fourth-order valence-electron chi connectivity index (χ4n) is 3.35. The molecule has 5 nitrogen and oxygen atoms in total. The van der Waals surface area contributed by atoms with Crippen LogP contribution in [0.15, 0.2) is 54.6 Å². The fourth-order valence-corrected chi connectivity index (χ4v) is 3.47. The number of hydrogen-bond donors (Lipinski definition) is 1. The van der Waals surface area contributed by atoms with Crippen LogP contribution in [0.3, 0.4) is 0 Å². The van der Waals surface area contributed by atoms with E-state index < -0.39 is 0 Å². The van der Waals surface area contributed by atoms with Gasteiger partial charge >= 0.3 is 0 Å². The molecule has 1 heterocycles. The van der Waals surface area contributed by atoms with Crippen molar-refractivity contribution in [3.8, 4) is 0 Å². The summed E-state index contributed by atoms with van der Waals surface area (Å²) in [6.45, 7) is 5.60. The first kappa shape index (κ1) is 20.4. The number of amides is 2. The van der Waals surface area contributed by atoms with Crippen molar-refractivity contribution in [1.29, 1.82) is 0 Å². The number of nitrogens with zero attached hydrogens (tertiary/aromatic N) is 2. The van der Waals surface area contributed by atoms with Crippen LogP contribution >= 0.6 is 11.6 Å². The first-order valence-corrected chi connectivity index (χ1v) is 10.0. The standard InChI is InChI=1S/C22H26ClN3O2/c1-17(18-5-3-2-4-6-18)24-21(27)11-12-25-13-15-26(16-14-25)22(28)19-7-9-20(23)10-8-19/h2-10,17H,11-16H2,1H3,(H,24,27). The molecule has 0 bridgehead atoms. The van der Waals surface area contributed by atoms with Crippen LogP contribution in [-0.2, 0) is 4.79 Å². The Balaban J connectivity index is 1.40. The fraction of sp³-hybridized carbons (Fsp3) is 0.364. The number of halogens is 1. The number of rotatable bonds is 6. The summed E-state index contributed by atoms with van der Waals surface area (Å²) in [6, 6.07) is 16.9. The zero-order valence-corrected chi connectivity index (χ0v) is 16.9. The number of nitrogens with one attached hydrogen (secondary N) is 1. The van der Waals surface area contributed by atoms with Gasteiger partial charge in [0.2, 0.25) is 5.91 Å². The molecule has 0 spiro atoms. The van der Waals surface area contributed by atoms with Gasteiger partial charge in [-0.05, 0) is 36.8 Å². The molecule has 6 heteroatoms. The summed E-state index contributed by atoms with van der Waals surface area (Å²) in [4.78, 5) is 28.9. The molecule has 2 aromatic carbocycles. The van der Waals surface area contributed by atoms with E-state index in [-0.39, 0.29) is 17.9 Å². The molecule has 1 aliphatic heterocycles. The smallest absolute Gasteiger partial charge is 0.253 e. The van der Waals surface area contributed by atoms with Crippen LogP contribution in [0.25, 0.3) is 0 Å². The molecule has 2 amide bonds. The molecule has 2 aromatic rings. The lowest BCUT2D eigenvalue weighted by atomic mass is 10.1. The van der Waals surface area contributed by atoms with E-state index >= 15 is 0 Å². The molecule has 0 radical (unpaired) electrons. The van der Waals surface area contributed by atoms with Gasteiger partial charge in [-0.25, -0.2) is 0 Å². The van der Waals surface area contributed by atoms with Crippen molar-refractivity contribution in [3.05, 3.63) is 70.7 Å². The predicted octanol–water partition coefficient (Wildman–Crippen LogP) is 3.37. The lowest BCUT2D eigenvalue weighted by molar-refractivity contribution is -0.122. The number of hydrogen-bond acceptors (Lipinski definition) is 3. The highest BCUT2D eigenvalue weighted by Crippen LogP contribution is 2.14. The number of piperazine rings is 1. The van der Waals surface area contributed by atoms with E-state index in [1.54, 1.807) is 24.3 Å². The van der Waals surface area contributed by atoms with Crippen molar-refractivity contribution in [1.82, 2.24) is 15.1 Å². The van der Waals surface area contributed by atoms with Gasteiger partial charge in [-0.15, -0.1) is 0 Å². The van der Waals surface area contributed by atoms with Gasteiger partial charge in [-0.3, -0.25) is 14.5 Å². The van der Waals surface area contributed by atoms with Crippen LogP contribution < -0.4 is 5.32 Å². The molecule has 0 saturated carbocycles. The maximum absolute atomic E-state index is 12.5. The molecular weight excluding hydrogens is 374 g/mol. The Kier molecular flexibility index (Phi) is 7.06. The summed E-state index contributed by atoms with van der Waals surface area (Å²) in [5, 5.41) is 3.67. The molecule has 148 valence electrons. The van der Waals surface area contributed by atoms with Gasteiger partial charge in [0.1, 0.15) is 0 Å². The molecule has 0 aromatic heterocycles. The van der Waals surface area contributed by atoms with Crippen molar-refractivity contribution in [2.24, 2.45) is 0 Å². The minimum Gasteiger partial charge on any atom is -0.350 e. The lowest BCUT2D eigenvalue weighted by Crippen LogP contribution is -2.49. The summed E-state index contributed by atoms with van der Waals surface area (Å²) in [7, 11) is 0. The van der Waals surface area contributed by atoms with Gasteiger partial charge in [0.15, 0.2) is 0 Å². The Hall–Kier alpha value is -2.37. The first-order valence-electron chi connectivity index (χ1n) is 9.64. The molecule has 1 N–H and O–H groups in total. The molecule has 3 rings (SSSR count). The number of benzene rings is 2. The predicted molar refractivity (Wildman–Crippen MR) is 111 cm³/mol. The maximum Gasteiger partial charge on any atom is 0.253 e. The third-order valence-electron chi connectivity index (χ3n) is 5.08. The SMILES string of the molecule is CC(NC(=O)CCN1CCN(C(=O)c2ccc(Cl)cc2)CC1)c1ccccc1. The quantitative estimate of drug-likeness (QED) is 0.810. The second kappa shape index (κ2) is 9.71. The van der Waals surface area contributed by atoms with E-state index in [0.717, 1.165) is 18.7 Å². The lowest BCUT2D eigenvalue weighted by Gasteiger charge is -2.34. The average molecular weight is 400 g/mol. The van der Waals surface area contributed by atoms with Crippen LogP contribution in [0.2, 0.25) is 5.02 Å². The van der Waals surface area contributed by atoms with Gasteiger partial charge in [0.25, 0.3) is 5.91 Å². The van der Waals surface area contributed by atoms with Crippen molar-refractivity contribution in [2.45, 2.75) is 19.4 Å². The van der Waals surface area contributed by atoms with Crippen molar-refractivity contribution < 1.29 is 9.59 Å². The summed E-state index contributed by atoms with van der Waals surface area (Å²) >= 11 is 5.88. The molecule has 1 saturated heterocycles. The van der Waals surface area contributed by atoms with Crippen molar-refractivity contribution in [3.63, 3.8) is 0 Å². The molecular formula is C22H26ClN3O2. The Morgan fingerprint density at radius 2 is 1.64 bits per heavy atom. The Morgan fingerprint density at radius 1 is 1.00 bits per heavy atom. The largest absolute Gasteiger partial charge is 0.350 e. The van der Waals surface area contributed by atoms with Gasteiger partial charge in [0, 0.05) is 49.7 Å². The minimum atomic E-state index is 0.00236. The van der Waals surface area contributed by atoms with Gasteiger partial charge in [0.05, 0.1) is 6.04 Å². The number of carbonyl (C=O) groups excluding carboxylic acids is 2. The highest BCUT2D eigenvalue weighted by atomic mass is 35.5. The highest BCUT2D eigenvalue weighted by molar-refractivity contribution is 6.30. The van der Waals surface area contributed by atoms with Crippen LogP contribution in [0.4, 0.5) is 0 Å². The molecule has 1 atom stereocenters. The van der Waals surface area contributed by atoms with E-state index in [2.05, 4.69) is 10.2 Å². The summed E-state index contributed by atoms with van der Waals surface area (Å²) in [5.41, 5.74) is 1.76. The van der Waals surface area contributed by atoms with Gasteiger partial charge < -0.3 is 10.2 Å². The van der Waals surface area contributed by atoms with E-state index in [0.29, 0.717) is 36.6 Å². The van der Waals surface area contributed by atoms with E-state index in [1.807, 2.05) is 42.2 Å². The maximum atomic E-state index is 12.5. The zero-order valence-electron chi connectivity index (χ0n) is 16.1. The Morgan fingerprint density at radius 3 is 2.29 bits per heavy atom. The monoisotopic (exact) mass is 399 g/mol. The second-order valence-corrected chi connectivity index (χ2v) is 7.53. The van der Waals surface area contributed by atoms with Crippen LogP contribution in [0.1, 0.15) is 35.3 Å². The summed E-state index contributed by atoms with van der Waals surface area (Å²) < 4.78 is 0. The Bertz CT molecular complexity index is 787. The van der Waals surface area contributed by atoms with E-state index in [1.165, 1.54) is 0 Å². The second-order valence-electron chi connectivity index (χ2n) is 7.09. The minimum absolute atomic E-state index is 0.00236. The van der Waals surface area contributed by atoms with Crippen LogP contribution in [-0.4, -0.2) is 54.3 Å². The van der Waals surface area contributed by atoms with Crippen molar-refractivity contribution in [2.75, 3.05) is 32.7 Å². The molecule has 1 fully saturated rings. The summed E-state index contributed by atoms with van der Waals surface area (Å²) in [6.07, 6.45) is 0.461. The Labute approximate surface area is 171 Å². The van der Waals surface area contributed by atoms with Crippen LogP contribution in [0.5, 0.6) is 0 Å². The zero-order chi connectivity index (χ0) is 19.9. The third kappa shape index (κ3) is 5.57. The van der Waals surface area contributed by atoms with E-state index in [4.69, 9.17) is 11.6 Å². The number of carbonyl (C=O) groups is 2. The first-order chi connectivity index (χ1) is 13.5. The average Bonchev–Trinajstić information content (AvgIpc) is 2.73. The highest BCUT2D eigenvalue weighted by Gasteiger charge is 2.22. The van der Waals surface area contributed by atoms with Crippen LogP contribution in [0, 0.1) is 0 Å². The van der Waals surface area contributed by atoms with Crippen molar-refractivity contribution >= 4 is 23.4 Å². The normalized spacial score (nSPS) is 15.9. The molecule has 28 heavy (non-hydrogen) atoms. The van der Waals surface area contributed by atoms with E-state index in [9.17, 15) is 9.59 Å². The molecule has 1 unspecified atom stereocenters. The third-order valence-corrected chi connectivity index (χ3v) is 5.33. The molecule has 1 aliphatic rings. The van der Waals surface area contributed by atoms with Gasteiger partial charge in [-0.2, -0.15) is 0 Å². The van der Waals surface area contributed by atoms with Gasteiger partial charge in [-0.1, -0.05) is 41.9 Å². The topological polar surface area (TPSA) is 52.7 Å². The molecule has 0 aliphatic carbocycles. The summed E-state index contributed by atoms with van der Waals surface area (Å²) in [5.74, 6) is 0.0850.